The van der Waals surface area contributed by atoms with Crippen LogP contribution < -0.4 is 5.32 Å². The van der Waals surface area contributed by atoms with Crippen LogP contribution in [0.3, 0.4) is 0 Å². The van der Waals surface area contributed by atoms with Crippen LogP contribution in [-0.2, 0) is 6.54 Å². The Morgan fingerprint density at radius 1 is 1.43 bits per heavy atom. The molecule has 2 heterocycles. The predicted molar refractivity (Wildman–Crippen MR) is 90.4 cm³/mol. The summed E-state index contributed by atoms with van der Waals surface area (Å²) in [6.45, 7) is 2.44. The van der Waals surface area contributed by atoms with E-state index in [1.165, 1.54) is 11.3 Å². The van der Waals surface area contributed by atoms with Gasteiger partial charge < -0.3 is 5.32 Å². The zero-order valence-corrected chi connectivity index (χ0v) is 14.1. The van der Waals surface area contributed by atoms with E-state index in [1.54, 1.807) is 23.5 Å². The van der Waals surface area contributed by atoms with Crippen molar-refractivity contribution in [3.05, 3.63) is 48.1 Å². The van der Waals surface area contributed by atoms with Crippen LogP contribution in [0.15, 0.2) is 28.1 Å². The van der Waals surface area contributed by atoms with Gasteiger partial charge in [-0.3, -0.25) is 10.1 Å². The number of nitrogens with zero attached hydrogens (tertiary/aromatic N) is 2. The molecule has 0 aliphatic rings. The fraction of sp³-hybridized carbons (Fsp3) is 0.154. The summed E-state index contributed by atoms with van der Waals surface area (Å²) in [4.78, 5) is 16.4. The van der Waals surface area contributed by atoms with Crippen LogP contribution in [0.2, 0.25) is 0 Å². The lowest BCUT2D eigenvalue weighted by atomic mass is 10.2. The van der Waals surface area contributed by atoms with Crippen molar-refractivity contribution in [2.24, 2.45) is 0 Å². The number of hydrogen-bond donors (Lipinski definition) is 1. The van der Waals surface area contributed by atoms with Gasteiger partial charge in [-0.25, -0.2) is 4.98 Å². The number of thiazole rings is 1. The third-order valence-corrected chi connectivity index (χ3v) is 5.52. The summed E-state index contributed by atoms with van der Waals surface area (Å²) < 4.78 is 1.85. The summed E-state index contributed by atoms with van der Waals surface area (Å²) in [5.41, 5.74) is 1.38. The second kappa shape index (κ2) is 5.70. The lowest BCUT2D eigenvalue weighted by Gasteiger charge is -2.05. The maximum atomic E-state index is 11.2. The van der Waals surface area contributed by atoms with E-state index >= 15 is 0 Å². The molecule has 0 bridgehead atoms. The number of nitro groups is 1. The summed E-state index contributed by atoms with van der Waals surface area (Å²) in [5, 5.41) is 17.3. The largest absolute Gasteiger partial charge is 0.375 e. The second-order valence-corrected chi connectivity index (χ2v) is 7.56. The summed E-state index contributed by atoms with van der Waals surface area (Å²) >= 11 is 6.46. The molecule has 21 heavy (non-hydrogen) atoms. The Kier molecular flexibility index (Phi) is 3.92. The number of hydrogen-bond acceptors (Lipinski definition) is 6. The predicted octanol–water partition coefficient (Wildman–Crippen LogP) is 4.95. The molecule has 0 fully saturated rings. The van der Waals surface area contributed by atoms with Crippen molar-refractivity contribution >= 4 is 60.2 Å². The van der Waals surface area contributed by atoms with Crippen LogP contribution in [0.25, 0.3) is 10.2 Å². The minimum Gasteiger partial charge on any atom is -0.375 e. The van der Waals surface area contributed by atoms with E-state index in [0.29, 0.717) is 12.2 Å². The molecule has 0 amide bonds. The van der Waals surface area contributed by atoms with Crippen molar-refractivity contribution in [3.63, 3.8) is 0 Å². The van der Waals surface area contributed by atoms with E-state index in [4.69, 9.17) is 0 Å². The number of rotatable bonds is 4. The van der Waals surface area contributed by atoms with Gasteiger partial charge in [0.25, 0.3) is 5.69 Å². The highest BCUT2D eigenvalue weighted by atomic mass is 79.9. The molecular formula is C13H10BrN3O2S2. The van der Waals surface area contributed by atoms with Crippen LogP contribution >= 0.6 is 38.6 Å². The average Bonchev–Trinajstić information content (AvgIpc) is 2.99. The molecule has 0 atom stereocenters. The first-order valence-corrected chi connectivity index (χ1v) is 8.54. The van der Waals surface area contributed by atoms with Crippen molar-refractivity contribution in [1.82, 2.24) is 4.98 Å². The minimum absolute atomic E-state index is 0.0850. The number of nitrogens with one attached hydrogen (secondary N) is 1. The molecule has 5 nitrogen and oxygen atoms in total. The highest BCUT2D eigenvalue weighted by Crippen LogP contribution is 2.33. The molecule has 0 saturated heterocycles. The first-order chi connectivity index (χ1) is 10.0. The Hall–Kier alpha value is -1.51. The van der Waals surface area contributed by atoms with Crippen LogP contribution in [0.1, 0.15) is 9.88 Å². The lowest BCUT2D eigenvalue weighted by molar-refractivity contribution is -0.383. The first-order valence-electron chi connectivity index (χ1n) is 6.05. The Morgan fingerprint density at radius 2 is 2.24 bits per heavy atom. The summed E-state index contributed by atoms with van der Waals surface area (Å²) in [6.07, 6.45) is 0. The van der Waals surface area contributed by atoms with E-state index < -0.39 is 0 Å². The normalized spacial score (nSPS) is 11.0. The molecule has 0 radical (unpaired) electrons. The number of thiophene rings is 1. The van der Waals surface area contributed by atoms with Gasteiger partial charge in [-0.2, -0.15) is 0 Å². The van der Waals surface area contributed by atoms with Gasteiger partial charge in [-0.1, -0.05) is 0 Å². The molecule has 3 aromatic rings. The SMILES string of the molecule is Cc1nc2cc(NCc3cc(Br)cs3)c([N+](=O)[O-])cc2s1. The van der Waals surface area contributed by atoms with Crippen molar-refractivity contribution in [3.8, 4) is 0 Å². The van der Waals surface area contributed by atoms with Gasteiger partial charge in [0.1, 0.15) is 5.69 Å². The van der Waals surface area contributed by atoms with Crippen molar-refractivity contribution < 1.29 is 4.92 Å². The van der Waals surface area contributed by atoms with Gasteiger partial charge in [0.05, 0.1) is 20.1 Å². The highest BCUT2D eigenvalue weighted by Gasteiger charge is 2.17. The number of anilines is 1. The Morgan fingerprint density at radius 3 is 2.90 bits per heavy atom. The van der Waals surface area contributed by atoms with Gasteiger partial charge in [-0.15, -0.1) is 22.7 Å². The number of aryl methyl sites for hydroxylation is 1. The van der Waals surface area contributed by atoms with E-state index in [9.17, 15) is 10.1 Å². The number of benzene rings is 1. The molecule has 0 saturated carbocycles. The third-order valence-electron chi connectivity index (χ3n) is 2.88. The minimum atomic E-state index is -0.360. The van der Waals surface area contributed by atoms with Gasteiger partial charge in [0, 0.05) is 27.3 Å². The lowest BCUT2D eigenvalue weighted by Crippen LogP contribution is -2.01. The molecule has 0 spiro atoms. The van der Waals surface area contributed by atoms with Crippen molar-refractivity contribution in [2.75, 3.05) is 5.32 Å². The summed E-state index contributed by atoms with van der Waals surface area (Å²) in [6, 6.07) is 5.33. The molecule has 2 aromatic heterocycles. The molecule has 8 heteroatoms. The van der Waals surface area contributed by atoms with Crippen LogP contribution in [0.4, 0.5) is 11.4 Å². The van der Waals surface area contributed by atoms with Crippen molar-refractivity contribution in [1.29, 1.82) is 0 Å². The molecule has 0 aliphatic carbocycles. The van der Waals surface area contributed by atoms with E-state index in [0.717, 1.165) is 24.6 Å². The molecule has 3 rings (SSSR count). The number of nitro benzene ring substituents is 1. The quantitative estimate of drug-likeness (QED) is 0.511. The van der Waals surface area contributed by atoms with E-state index in [-0.39, 0.29) is 10.6 Å². The smallest absolute Gasteiger partial charge is 0.293 e. The van der Waals surface area contributed by atoms with Crippen LogP contribution in [-0.4, -0.2) is 9.91 Å². The van der Waals surface area contributed by atoms with E-state index in [1.807, 2.05) is 18.4 Å². The van der Waals surface area contributed by atoms with Crippen molar-refractivity contribution in [2.45, 2.75) is 13.5 Å². The molecule has 1 aromatic carbocycles. The number of halogens is 1. The topological polar surface area (TPSA) is 68.1 Å². The van der Waals surface area contributed by atoms with Crippen LogP contribution in [0, 0.1) is 17.0 Å². The molecule has 0 aliphatic heterocycles. The maximum absolute atomic E-state index is 11.2. The monoisotopic (exact) mass is 383 g/mol. The molecule has 108 valence electrons. The van der Waals surface area contributed by atoms with Gasteiger partial charge in [0.2, 0.25) is 0 Å². The highest BCUT2D eigenvalue weighted by molar-refractivity contribution is 9.10. The van der Waals surface area contributed by atoms with Gasteiger partial charge in [-0.05, 0) is 35.0 Å². The number of fused-ring (bicyclic) bond motifs is 1. The van der Waals surface area contributed by atoms with Gasteiger partial charge >= 0.3 is 0 Å². The zero-order valence-electron chi connectivity index (χ0n) is 10.9. The first kappa shape index (κ1) is 14.4. The summed E-state index contributed by atoms with van der Waals surface area (Å²) in [5.74, 6) is 0. The van der Waals surface area contributed by atoms with E-state index in [2.05, 4.69) is 26.2 Å². The van der Waals surface area contributed by atoms with Crippen LogP contribution in [0.5, 0.6) is 0 Å². The fourth-order valence-electron chi connectivity index (χ4n) is 2.00. The maximum Gasteiger partial charge on any atom is 0.293 e. The number of aromatic nitrogens is 1. The fourth-order valence-corrected chi connectivity index (χ4v) is 4.23. The standard InChI is InChI=1S/C13H10BrN3O2S2/c1-7-16-11-3-10(12(17(18)19)4-13(11)21-7)15-5-9-2-8(14)6-20-9/h2-4,6,15H,5H2,1H3. The second-order valence-electron chi connectivity index (χ2n) is 4.41. The summed E-state index contributed by atoms with van der Waals surface area (Å²) in [7, 11) is 0. The molecule has 0 unspecified atom stereocenters. The Balaban J connectivity index is 1.95. The van der Waals surface area contributed by atoms with Gasteiger partial charge in [0.15, 0.2) is 0 Å². The average molecular weight is 384 g/mol. The molecular weight excluding hydrogens is 374 g/mol. The Bertz CT molecular complexity index is 828. The third kappa shape index (κ3) is 3.07. The Labute approximate surface area is 136 Å². The zero-order chi connectivity index (χ0) is 15.0. The molecule has 1 N–H and O–H groups in total.